The maximum Gasteiger partial charge on any atom is 0.229 e. The van der Waals surface area contributed by atoms with Gasteiger partial charge in [-0.05, 0) is 39.2 Å². The Labute approximate surface area is 102 Å². The van der Waals surface area contributed by atoms with Gasteiger partial charge in [-0.25, -0.2) is 0 Å². The van der Waals surface area contributed by atoms with Crippen molar-refractivity contribution >= 4 is 0 Å². The van der Waals surface area contributed by atoms with Crippen LogP contribution in [-0.4, -0.2) is 22.7 Å². The van der Waals surface area contributed by atoms with Crippen LogP contribution in [0.1, 0.15) is 69.0 Å². The second-order valence-electron chi connectivity index (χ2n) is 5.55. The van der Waals surface area contributed by atoms with Crippen molar-refractivity contribution in [1.82, 2.24) is 15.5 Å². The van der Waals surface area contributed by atoms with E-state index in [1.807, 2.05) is 0 Å². The SMILES string of the molecule is CC1CC(c2nc(C3CCCC3)no2)CCN1. The molecule has 1 N–H and O–H groups in total. The molecule has 1 aliphatic carbocycles. The van der Waals surface area contributed by atoms with Crippen molar-refractivity contribution in [2.24, 2.45) is 0 Å². The molecule has 3 rings (SSSR count). The summed E-state index contributed by atoms with van der Waals surface area (Å²) in [4.78, 5) is 4.64. The molecule has 1 saturated heterocycles. The summed E-state index contributed by atoms with van der Waals surface area (Å²) in [5.74, 6) is 2.87. The van der Waals surface area contributed by atoms with Gasteiger partial charge in [0.2, 0.25) is 5.89 Å². The summed E-state index contributed by atoms with van der Waals surface area (Å²) in [5.41, 5.74) is 0. The lowest BCUT2D eigenvalue weighted by Crippen LogP contribution is -2.34. The van der Waals surface area contributed by atoms with E-state index in [-0.39, 0.29) is 0 Å². The highest BCUT2D eigenvalue weighted by molar-refractivity contribution is 5.02. The van der Waals surface area contributed by atoms with Gasteiger partial charge >= 0.3 is 0 Å². The van der Waals surface area contributed by atoms with Gasteiger partial charge in [0.05, 0.1) is 0 Å². The Morgan fingerprint density at radius 1 is 1.18 bits per heavy atom. The molecule has 94 valence electrons. The molecule has 0 amide bonds. The molecule has 17 heavy (non-hydrogen) atoms. The summed E-state index contributed by atoms with van der Waals surface area (Å²) < 4.78 is 5.48. The van der Waals surface area contributed by atoms with Crippen LogP contribution in [0.25, 0.3) is 0 Å². The molecule has 1 aromatic rings. The molecule has 2 heterocycles. The fourth-order valence-electron chi connectivity index (χ4n) is 3.12. The van der Waals surface area contributed by atoms with Gasteiger partial charge in [-0.1, -0.05) is 18.0 Å². The fraction of sp³-hybridized carbons (Fsp3) is 0.846. The average Bonchev–Trinajstić information content (AvgIpc) is 3.00. The lowest BCUT2D eigenvalue weighted by Gasteiger charge is -2.25. The van der Waals surface area contributed by atoms with E-state index in [4.69, 9.17) is 4.52 Å². The molecule has 4 nitrogen and oxygen atoms in total. The van der Waals surface area contributed by atoms with Gasteiger partial charge in [0, 0.05) is 17.9 Å². The molecule has 0 bridgehead atoms. The van der Waals surface area contributed by atoms with Gasteiger partial charge in [-0.3, -0.25) is 0 Å². The van der Waals surface area contributed by atoms with Crippen LogP contribution in [0.3, 0.4) is 0 Å². The predicted molar refractivity (Wildman–Crippen MR) is 64.9 cm³/mol. The van der Waals surface area contributed by atoms with E-state index in [0.717, 1.165) is 31.1 Å². The first-order chi connectivity index (χ1) is 8.33. The van der Waals surface area contributed by atoms with Gasteiger partial charge < -0.3 is 9.84 Å². The molecule has 1 aromatic heterocycles. The number of rotatable bonds is 2. The van der Waals surface area contributed by atoms with E-state index in [1.54, 1.807) is 0 Å². The third-order valence-electron chi connectivity index (χ3n) is 4.15. The highest BCUT2D eigenvalue weighted by Crippen LogP contribution is 2.34. The largest absolute Gasteiger partial charge is 0.339 e. The molecule has 4 heteroatoms. The first-order valence-electron chi connectivity index (χ1n) is 6.90. The van der Waals surface area contributed by atoms with Crippen LogP contribution in [0.2, 0.25) is 0 Å². The summed E-state index contributed by atoms with van der Waals surface area (Å²) in [6, 6.07) is 0.565. The maximum atomic E-state index is 5.48. The van der Waals surface area contributed by atoms with Crippen LogP contribution < -0.4 is 5.32 Å². The highest BCUT2D eigenvalue weighted by Gasteiger charge is 2.27. The van der Waals surface area contributed by atoms with Gasteiger partial charge in [0.1, 0.15) is 0 Å². The van der Waals surface area contributed by atoms with Crippen molar-refractivity contribution in [3.8, 4) is 0 Å². The minimum atomic E-state index is 0.467. The van der Waals surface area contributed by atoms with Gasteiger partial charge in [0.25, 0.3) is 0 Å². The van der Waals surface area contributed by atoms with Crippen LogP contribution in [0.4, 0.5) is 0 Å². The fourth-order valence-corrected chi connectivity index (χ4v) is 3.12. The highest BCUT2D eigenvalue weighted by atomic mass is 16.5. The topological polar surface area (TPSA) is 51.0 Å². The summed E-state index contributed by atoms with van der Waals surface area (Å²) in [6.45, 7) is 3.29. The number of nitrogens with one attached hydrogen (secondary N) is 1. The Hall–Kier alpha value is -0.900. The zero-order chi connectivity index (χ0) is 11.7. The molecule has 0 spiro atoms. The van der Waals surface area contributed by atoms with Crippen molar-refractivity contribution in [1.29, 1.82) is 0 Å². The van der Waals surface area contributed by atoms with E-state index in [0.29, 0.717) is 17.9 Å². The zero-order valence-electron chi connectivity index (χ0n) is 10.5. The Balaban J connectivity index is 1.70. The Kier molecular flexibility index (Phi) is 3.14. The van der Waals surface area contributed by atoms with E-state index in [2.05, 4.69) is 22.4 Å². The monoisotopic (exact) mass is 235 g/mol. The second kappa shape index (κ2) is 4.77. The number of aromatic nitrogens is 2. The van der Waals surface area contributed by atoms with Crippen molar-refractivity contribution in [2.45, 2.75) is 63.3 Å². The smallest absolute Gasteiger partial charge is 0.229 e. The summed E-state index contributed by atoms with van der Waals surface area (Å²) in [6.07, 6.45) is 7.35. The van der Waals surface area contributed by atoms with E-state index in [9.17, 15) is 0 Å². The molecule has 0 aromatic carbocycles. The standard InChI is InChI=1S/C13H21N3O/c1-9-8-11(6-7-14-9)13-15-12(16-17-13)10-4-2-3-5-10/h9-11,14H,2-8H2,1H3. The minimum Gasteiger partial charge on any atom is -0.339 e. The Morgan fingerprint density at radius 2 is 2.00 bits per heavy atom. The van der Waals surface area contributed by atoms with Crippen LogP contribution >= 0.6 is 0 Å². The molecule has 2 aliphatic rings. The predicted octanol–water partition coefficient (Wildman–Crippen LogP) is 2.58. The number of nitrogens with zero attached hydrogens (tertiary/aromatic N) is 2. The summed E-state index contributed by atoms with van der Waals surface area (Å²) in [7, 11) is 0. The molecule has 0 radical (unpaired) electrons. The van der Waals surface area contributed by atoms with Crippen LogP contribution in [0.5, 0.6) is 0 Å². The third-order valence-corrected chi connectivity index (χ3v) is 4.15. The van der Waals surface area contributed by atoms with Crippen LogP contribution in [0, 0.1) is 0 Å². The van der Waals surface area contributed by atoms with Crippen molar-refractivity contribution in [3.63, 3.8) is 0 Å². The molecular weight excluding hydrogens is 214 g/mol. The Morgan fingerprint density at radius 3 is 2.76 bits per heavy atom. The quantitative estimate of drug-likeness (QED) is 0.856. The van der Waals surface area contributed by atoms with Gasteiger partial charge in [-0.2, -0.15) is 4.98 Å². The molecule has 1 aliphatic heterocycles. The van der Waals surface area contributed by atoms with Crippen molar-refractivity contribution < 1.29 is 4.52 Å². The number of hydrogen-bond donors (Lipinski definition) is 1. The summed E-state index contributed by atoms with van der Waals surface area (Å²) in [5, 5.41) is 7.65. The minimum absolute atomic E-state index is 0.467. The average molecular weight is 235 g/mol. The first-order valence-corrected chi connectivity index (χ1v) is 6.90. The van der Waals surface area contributed by atoms with Crippen molar-refractivity contribution in [3.05, 3.63) is 11.7 Å². The van der Waals surface area contributed by atoms with Crippen LogP contribution in [0.15, 0.2) is 4.52 Å². The lowest BCUT2D eigenvalue weighted by molar-refractivity contribution is 0.293. The zero-order valence-corrected chi connectivity index (χ0v) is 10.5. The number of piperidine rings is 1. The van der Waals surface area contributed by atoms with Crippen molar-refractivity contribution in [2.75, 3.05) is 6.54 Å². The molecule has 2 unspecified atom stereocenters. The first kappa shape index (κ1) is 11.2. The van der Waals surface area contributed by atoms with Crippen LogP contribution in [-0.2, 0) is 0 Å². The van der Waals surface area contributed by atoms with Gasteiger partial charge in [0.15, 0.2) is 5.82 Å². The van der Waals surface area contributed by atoms with E-state index >= 15 is 0 Å². The van der Waals surface area contributed by atoms with E-state index in [1.165, 1.54) is 25.7 Å². The Bertz CT molecular complexity index is 370. The molecule has 2 fully saturated rings. The van der Waals surface area contributed by atoms with E-state index < -0.39 is 0 Å². The summed E-state index contributed by atoms with van der Waals surface area (Å²) >= 11 is 0. The van der Waals surface area contributed by atoms with Gasteiger partial charge in [-0.15, -0.1) is 0 Å². The molecule has 2 atom stereocenters. The molecule has 1 saturated carbocycles. The normalized spacial score (nSPS) is 30.9. The maximum absolute atomic E-state index is 5.48. The third kappa shape index (κ3) is 2.37. The number of hydrogen-bond acceptors (Lipinski definition) is 4. The lowest BCUT2D eigenvalue weighted by atomic mass is 9.93. The second-order valence-corrected chi connectivity index (χ2v) is 5.55. The molecular formula is C13H21N3O.